The topological polar surface area (TPSA) is 48.5 Å². The minimum atomic E-state index is 0.0329. The Labute approximate surface area is 178 Å². The molecule has 5 nitrogen and oxygen atoms in total. The molecule has 1 amide bonds. The summed E-state index contributed by atoms with van der Waals surface area (Å²) >= 11 is 1.71. The third-order valence-corrected chi connectivity index (χ3v) is 7.47. The minimum Gasteiger partial charge on any atom is -0.352 e. The Balaban J connectivity index is 1.30. The van der Waals surface area contributed by atoms with Crippen molar-refractivity contribution in [2.75, 3.05) is 37.6 Å². The molecule has 1 aromatic carbocycles. The number of hydrogen-bond donors (Lipinski definition) is 1. The number of rotatable bonds is 7. The smallest absolute Gasteiger partial charge is 0.251 e. The van der Waals surface area contributed by atoms with E-state index in [0.717, 1.165) is 59.6 Å². The Morgan fingerprint density at radius 3 is 2.83 bits per heavy atom. The summed E-state index contributed by atoms with van der Waals surface area (Å²) in [6.07, 6.45) is 10.1. The quantitative estimate of drug-likeness (QED) is 0.669. The fraction of sp³-hybridized carbons (Fsp3) is 0.652. The van der Waals surface area contributed by atoms with E-state index in [1.54, 1.807) is 11.3 Å². The van der Waals surface area contributed by atoms with Gasteiger partial charge in [-0.1, -0.05) is 24.7 Å². The number of likely N-dealkylation sites (tertiary alicyclic amines) is 1. The van der Waals surface area contributed by atoms with Gasteiger partial charge in [0.25, 0.3) is 5.91 Å². The molecule has 3 heterocycles. The summed E-state index contributed by atoms with van der Waals surface area (Å²) < 4.78 is 1.11. The number of fused-ring (bicyclic) bond motifs is 1. The van der Waals surface area contributed by atoms with Crippen LogP contribution in [0, 0.1) is 0 Å². The molecular formula is C23H34N4OS. The van der Waals surface area contributed by atoms with Crippen LogP contribution in [-0.4, -0.2) is 54.6 Å². The van der Waals surface area contributed by atoms with Crippen LogP contribution >= 0.6 is 11.3 Å². The molecule has 158 valence electrons. The number of carbonyl (C=O) groups excluding carboxylic acids is 1. The highest BCUT2D eigenvalue weighted by Crippen LogP contribution is 2.31. The van der Waals surface area contributed by atoms with Gasteiger partial charge in [0, 0.05) is 37.8 Å². The van der Waals surface area contributed by atoms with Crippen LogP contribution in [0.15, 0.2) is 18.2 Å². The van der Waals surface area contributed by atoms with Crippen molar-refractivity contribution in [3.05, 3.63) is 23.8 Å². The molecule has 0 bridgehead atoms. The largest absolute Gasteiger partial charge is 0.352 e. The highest BCUT2D eigenvalue weighted by Gasteiger charge is 2.20. The van der Waals surface area contributed by atoms with Crippen LogP contribution in [-0.2, 0) is 0 Å². The Kier molecular flexibility index (Phi) is 7.03. The molecule has 2 fully saturated rings. The number of hydrogen-bond acceptors (Lipinski definition) is 5. The first-order chi connectivity index (χ1) is 14.2. The van der Waals surface area contributed by atoms with Crippen molar-refractivity contribution in [1.82, 2.24) is 15.2 Å². The number of thiazole rings is 1. The van der Waals surface area contributed by atoms with Crippen LogP contribution in [0.25, 0.3) is 10.2 Å². The lowest BCUT2D eigenvalue weighted by Crippen LogP contribution is -2.40. The molecule has 0 spiro atoms. The second kappa shape index (κ2) is 9.90. The van der Waals surface area contributed by atoms with Crippen molar-refractivity contribution in [3.63, 3.8) is 0 Å². The summed E-state index contributed by atoms with van der Waals surface area (Å²) in [4.78, 5) is 22.4. The first-order valence-electron chi connectivity index (χ1n) is 11.4. The number of piperidine rings is 2. The van der Waals surface area contributed by atoms with Gasteiger partial charge in [0.1, 0.15) is 0 Å². The number of aromatic nitrogens is 1. The molecule has 29 heavy (non-hydrogen) atoms. The van der Waals surface area contributed by atoms with Crippen molar-refractivity contribution in [3.8, 4) is 0 Å². The van der Waals surface area contributed by atoms with Crippen LogP contribution in [0.3, 0.4) is 0 Å². The van der Waals surface area contributed by atoms with E-state index in [9.17, 15) is 4.79 Å². The SMILES string of the molecule is CC[C@@H]1CCCCN1CCCNC(=O)c1ccc2nc(N3CCCCC3)sc2c1. The second-order valence-corrected chi connectivity index (χ2v) is 9.44. The summed E-state index contributed by atoms with van der Waals surface area (Å²) in [5, 5.41) is 4.22. The lowest BCUT2D eigenvalue weighted by Gasteiger charge is -2.35. The van der Waals surface area contributed by atoms with E-state index >= 15 is 0 Å². The fourth-order valence-electron chi connectivity index (χ4n) is 4.68. The number of carbonyl (C=O) groups is 1. The number of benzene rings is 1. The van der Waals surface area contributed by atoms with Gasteiger partial charge in [-0.3, -0.25) is 4.79 Å². The molecular weight excluding hydrogens is 380 g/mol. The Bertz CT molecular complexity index is 814. The van der Waals surface area contributed by atoms with Gasteiger partial charge in [0.2, 0.25) is 0 Å². The maximum Gasteiger partial charge on any atom is 0.251 e. The maximum absolute atomic E-state index is 12.6. The van der Waals surface area contributed by atoms with E-state index in [-0.39, 0.29) is 5.91 Å². The van der Waals surface area contributed by atoms with Crippen molar-refractivity contribution in [2.45, 2.75) is 64.3 Å². The average molecular weight is 415 g/mol. The van der Waals surface area contributed by atoms with Gasteiger partial charge in [-0.05, 0) is 69.7 Å². The van der Waals surface area contributed by atoms with Crippen molar-refractivity contribution in [1.29, 1.82) is 0 Å². The van der Waals surface area contributed by atoms with E-state index in [1.165, 1.54) is 51.5 Å². The van der Waals surface area contributed by atoms with Crippen LogP contribution in [0.4, 0.5) is 5.13 Å². The predicted octanol–water partition coefficient (Wildman–Crippen LogP) is 4.67. The molecule has 1 N–H and O–H groups in total. The third-order valence-electron chi connectivity index (χ3n) is 6.39. The molecule has 0 radical (unpaired) electrons. The lowest BCUT2D eigenvalue weighted by molar-refractivity contribution is 0.0947. The van der Waals surface area contributed by atoms with Gasteiger partial charge in [-0.15, -0.1) is 0 Å². The van der Waals surface area contributed by atoms with E-state index in [4.69, 9.17) is 4.98 Å². The predicted molar refractivity (Wildman–Crippen MR) is 122 cm³/mol. The summed E-state index contributed by atoms with van der Waals surface area (Å²) in [6.45, 7) is 7.54. The van der Waals surface area contributed by atoms with Gasteiger partial charge >= 0.3 is 0 Å². The van der Waals surface area contributed by atoms with Crippen molar-refractivity contribution in [2.24, 2.45) is 0 Å². The van der Waals surface area contributed by atoms with Crippen LogP contribution in [0.1, 0.15) is 68.6 Å². The summed E-state index contributed by atoms with van der Waals surface area (Å²) in [7, 11) is 0. The molecule has 0 aliphatic carbocycles. The first kappa shape index (κ1) is 20.6. The van der Waals surface area contributed by atoms with Crippen molar-refractivity contribution >= 4 is 32.6 Å². The monoisotopic (exact) mass is 414 g/mol. The normalized spacial score (nSPS) is 20.9. The molecule has 2 aliphatic rings. The lowest BCUT2D eigenvalue weighted by atomic mass is 10.00. The van der Waals surface area contributed by atoms with Gasteiger partial charge < -0.3 is 15.1 Å². The number of anilines is 1. The summed E-state index contributed by atoms with van der Waals surface area (Å²) in [5.74, 6) is 0.0329. The van der Waals surface area contributed by atoms with Crippen LogP contribution in [0.5, 0.6) is 0 Å². The number of nitrogens with zero attached hydrogens (tertiary/aromatic N) is 3. The van der Waals surface area contributed by atoms with E-state index in [2.05, 4.69) is 22.0 Å². The molecule has 6 heteroatoms. The third kappa shape index (κ3) is 5.10. The van der Waals surface area contributed by atoms with E-state index < -0.39 is 0 Å². The second-order valence-electron chi connectivity index (χ2n) is 8.43. The van der Waals surface area contributed by atoms with Gasteiger partial charge in [0.15, 0.2) is 5.13 Å². The van der Waals surface area contributed by atoms with Gasteiger partial charge in [-0.2, -0.15) is 0 Å². The molecule has 4 rings (SSSR count). The summed E-state index contributed by atoms with van der Waals surface area (Å²) in [5.41, 5.74) is 1.75. The number of nitrogens with one attached hydrogen (secondary N) is 1. The van der Waals surface area contributed by atoms with Gasteiger partial charge in [0.05, 0.1) is 10.2 Å². The molecule has 2 aromatic rings. The van der Waals surface area contributed by atoms with Crippen LogP contribution < -0.4 is 10.2 Å². The average Bonchev–Trinajstić information content (AvgIpc) is 3.21. The molecule has 1 aromatic heterocycles. The minimum absolute atomic E-state index is 0.0329. The van der Waals surface area contributed by atoms with E-state index in [1.807, 2.05) is 18.2 Å². The molecule has 2 saturated heterocycles. The van der Waals surface area contributed by atoms with E-state index in [0.29, 0.717) is 0 Å². The highest BCUT2D eigenvalue weighted by molar-refractivity contribution is 7.22. The highest BCUT2D eigenvalue weighted by atomic mass is 32.1. The number of amides is 1. The van der Waals surface area contributed by atoms with Crippen LogP contribution in [0.2, 0.25) is 0 Å². The standard InChI is InChI=1S/C23H34N4OS/c1-2-19-9-4-7-13-26(19)16-8-12-24-22(28)18-10-11-20-21(17-18)29-23(25-20)27-14-5-3-6-15-27/h10-11,17,19H,2-9,12-16H2,1H3,(H,24,28)/t19-/m1/s1. The fourth-order valence-corrected chi connectivity index (χ4v) is 5.73. The Morgan fingerprint density at radius 1 is 1.17 bits per heavy atom. The zero-order valence-corrected chi connectivity index (χ0v) is 18.5. The summed E-state index contributed by atoms with van der Waals surface area (Å²) in [6, 6.07) is 6.65. The zero-order valence-electron chi connectivity index (χ0n) is 17.7. The van der Waals surface area contributed by atoms with Crippen molar-refractivity contribution < 1.29 is 4.79 Å². The Hall–Kier alpha value is -1.66. The molecule has 0 unspecified atom stereocenters. The maximum atomic E-state index is 12.6. The molecule has 1 atom stereocenters. The molecule has 0 saturated carbocycles. The zero-order chi connectivity index (χ0) is 20.1. The Morgan fingerprint density at radius 2 is 2.00 bits per heavy atom. The van der Waals surface area contributed by atoms with Gasteiger partial charge in [-0.25, -0.2) is 4.98 Å². The molecule has 2 aliphatic heterocycles. The first-order valence-corrected chi connectivity index (χ1v) is 12.2.